The van der Waals surface area contributed by atoms with E-state index < -0.39 is 0 Å². The Bertz CT molecular complexity index is 453. The van der Waals surface area contributed by atoms with Gasteiger partial charge in [0.05, 0.1) is 6.61 Å². The number of carbonyl (C=O) groups is 1. The molecule has 1 aliphatic heterocycles. The van der Waals surface area contributed by atoms with Gasteiger partial charge in [-0.15, -0.1) is 0 Å². The highest BCUT2D eigenvalue weighted by Crippen LogP contribution is 2.22. The summed E-state index contributed by atoms with van der Waals surface area (Å²) in [7, 11) is 0. The lowest BCUT2D eigenvalue weighted by atomic mass is 10.0. The van der Waals surface area contributed by atoms with E-state index >= 15 is 0 Å². The summed E-state index contributed by atoms with van der Waals surface area (Å²) in [5.74, 6) is 6.00. The Labute approximate surface area is 119 Å². The number of pyridine rings is 1. The molecule has 0 amide bonds. The predicted octanol–water partition coefficient (Wildman–Crippen LogP) is 1.28. The fraction of sp³-hybridized carbons (Fsp3) is 0.571. The fourth-order valence-corrected chi connectivity index (χ4v) is 2.60. The van der Waals surface area contributed by atoms with E-state index in [4.69, 9.17) is 10.6 Å². The van der Waals surface area contributed by atoms with Gasteiger partial charge in [-0.2, -0.15) is 0 Å². The number of ether oxygens (including phenoxy) is 1. The van der Waals surface area contributed by atoms with Crippen molar-refractivity contribution in [3.05, 3.63) is 23.9 Å². The van der Waals surface area contributed by atoms with E-state index in [1.54, 1.807) is 6.20 Å². The first-order valence-electron chi connectivity index (χ1n) is 7.07. The van der Waals surface area contributed by atoms with E-state index in [-0.39, 0.29) is 12.0 Å². The van der Waals surface area contributed by atoms with Gasteiger partial charge in [0.2, 0.25) is 0 Å². The van der Waals surface area contributed by atoms with Crippen LogP contribution < -0.4 is 11.3 Å². The van der Waals surface area contributed by atoms with Crippen molar-refractivity contribution in [2.45, 2.75) is 38.8 Å². The average molecular weight is 278 g/mol. The van der Waals surface area contributed by atoms with Crippen LogP contribution in [0.5, 0.6) is 0 Å². The number of hydrogen-bond donors (Lipinski definition) is 2. The first-order valence-corrected chi connectivity index (χ1v) is 7.07. The van der Waals surface area contributed by atoms with E-state index in [0.29, 0.717) is 19.0 Å². The number of nitrogens with zero attached hydrogens (tertiary/aromatic N) is 2. The van der Waals surface area contributed by atoms with Gasteiger partial charge in [0.25, 0.3) is 0 Å². The van der Waals surface area contributed by atoms with Gasteiger partial charge >= 0.3 is 5.97 Å². The van der Waals surface area contributed by atoms with Crippen LogP contribution in [0.4, 0.5) is 5.82 Å². The van der Waals surface area contributed by atoms with Crippen LogP contribution in [0.3, 0.4) is 0 Å². The van der Waals surface area contributed by atoms with E-state index in [1.807, 2.05) is 19.1 Å². The van der Waals surface area contributed by atoms with Crippen molar-refractivity contribution >= 4 is 11.8 Å². The zero-order valence-electron chi connectivity index (χ0n) is 11.8. The smallest absolute Gasteiger partial charge is 0.323 e. The first kappa shape index (κ1) is 14.7. The molecule has 1 aromatic rings. The highest BCUT2D eigenvalue weighted by Gasteiger charge is 2.30. The van der Waals surface area contributed by atoms with Gasteiger partial charge in [-0.3, -0.25) is 9.69 Å². The van der Waals surface area contributed by atoms with Gasteiger partial charge in [-0.05, 0) is 32.4 Å². The van der Waals surface area contributed by atoms with Crippen LogP contribution in [-0.2, 0) is 16.1 Å². The van der Waals surface area contributed by atoms with Crippen molar-refractivity contribution in [3.8, 4) is 0 Å². The normalized spacial score (nSPS) is 19.6. The summed E-state index contributed by atoms with van der Waals surface area (Å²) in [6.45, 7) is 3.80. The predicted molar refractivity (Wildman–Crippen MR) is 76.7 cm³/mol. The molecule has 6 nitrogen and oxygen atoms in total. The van der Waals surface area contributed by atoms with Gasteiger partial charge < -0.3 is 10.2 Å². The fourth-order valence-electron chi connectivity index (χ4n) is 2.60. The second kappa shape index (κ2) is 7.21. The Hall–Kier alpha value is -1.66. The van der Waals surface area contributed by atoms with Gasteiger partial charge in [-0.25, -0.2) is 10.8 Å². The van der Waals surface area contributed by atoms with Gasteiger partial charge in [-0.1, -0.05) is 12.5 Å². The van der Waals surface area contributed by atoms with Crippen molar-refractivity contribution in [1.82, 2.24) is 9.88 Å². The van der Waals surface area contributed by atoms with Crippen LogP contribution in [0, 0.1) is 0 Å². The molecular formula is C14H22N4O2. The topological polar surface area (TPSA) is 80.5 Å². The molecule has 3 N–H and O–H groups in total. The van der Waals surface area contributed by atoms with E-state index in [0.717, 1.165) is 31.4 Å². The second-order valence-corrected chi connectivity index (χ2v) is 4.89. The Balaban J connectivity index is 2.10. The van der Waals surface area contributed by atoms with Gasteiger partial charge in [0, 0.05) is 18.3 Å². The molecule has 2 heterocycles. The summed E-state index contributed by atoms with van der Waals surface area (Å²) in [6.07, 6.45) is 4.71. The molecule has 1 aliphatic rings. The standard InChI is InChI=1S/C14H22N4O2/c1-2-20-14(19)12-7-3-4-9-18(12)10-11-6-5-8-16-13(11)17-15/h5-6,8,12H,2-4,7,9-10,15H2,1H3,(H,16,17). The molecule has 1 unspecified atom stereocenters. The number of nitrogen functional groups attached to an aromatic ring is 1. The SMILES string of the molecule is CCOC(=O)C1CCCCN1Cc1cccnc1NN. The lowest BCUT2D eigenvalue weighted by molar-refractivity contribution is -0.151. The minimum absolute atomic E-state index is 0.127. The third-order valence-corrected chi connectivity index (χ3v) is 3.57. The van der Waals surface area contributed by atoms with Crippen molar-refractivity contribution in [3.63, 3.8) is 0 Å². The summed E-state index contributed by atoms with van der Waals surface area (Å²) in [4.78, 5) is 18.4. The van der Waals surface area contributed by atoms with Crippen molar-refractivity contribution in [2.24, 2.45) is 5.84 Å². The first-order chi connectivity index (χ1) is 9.76. The van der Waals surface area contributed by atoms with Crippen LogP contribution in [0.25, 0.3) is 0 Å². The average Bonchev–Trinajstić information content (AvgIpc) is 2.48. The number of likely N-dealkylation sites (tertiary alicyclic amines) is 1. The van der Waals surface area contributed by atoms with Crippen LogP contribution in [-0.4, -0.2) is 35.0 Å². The summed E-state index contributed by atoms with van der Waals surface area (Å²) >= 11 is 0. The molecule has 110 valence electrons. The lowest BCUT2D eigenvalue weighted by Gasteiger charge is -2.34. The molecule has 0 aliphatic carbocycles. The maximum atomic E-state index is 12.0. The molecule has 0 bridgehead atoms. The molecule has 0 aromatic carbocycles. The molecule has 1 aromatic heterocycles. The van der Waals surface area contributed by atoms with E-state index in [9.17, 15) is 4.79 Å². The Morgan fingerprint density at radius 1 is 1.60 bits per heavy atom. The van der Waals surface area contributed by atoms with Crippen LogP contribution in [0.1, 0.15) is 31.7 Å². The third-order valence-electron chi connectivity index (χ3n) is 3.57. The van der Waals surface area contributed by atoms with E-state index in [2.05, 4.69) is 15.3 Å². The minimum Gasteiger partial charge on any atom is -0.465 e. The maximum absolute atomic E-state index is 12.0. The van der Waals surface area contributed by atoms with Crippen molar-refractivity contribution in [2.75, 3.05) is 18.6 Å². The number of aromatic nitrogens is 1. The molecule has 20 heavy (non-hydrogen) atoms. The summed E-state index contributed by atoms with van der Waals surface area (Å²) in [5.41, 5.74) is 3.59. The Kier molecular flexibility index (Phi) is 5.31. The maximum Gasteiger partial charge on any atom is 0.323 e. The summed E-state index contributed by atoms with van der Waals surface area (Å²) in [5, 5.41) is 0. The van der Waals surface area contributed by atoms with Crippen molar-refractivity contribution in [1.29, 1.82) is 0 Å². The highest BCUT2D eigenvalue weighted by molar-refractivity contribution is 5.75. The zero-order chi connectivity index (χ0) is 14.4. The highest BCUT2D eigenvalue weighted by atomic mass is 16.5. The Morgan fingerprint density at radius 3 is 3.20 bits per heavy atom. The number of hydrazine groups is 1. The summed E-state index contributed by atoms with van der Waals surface area (Å²) < 4.78 is 5.17. The number of esters is 1. The third kappa shape index (κ3) is 3.46. The molecule has 6 heteroatoms. The number of piperidine rings is 1. The number of carbonyl (C=O) groups excluding carboxylic acids is 1. The number of rotatable bonds is 5. The molecule has 0 spiro atoms. The molecule has 1 atom stereocenters. The van der Waals surface area contributed by atoms with Gasteiger partial charge in [0.1, 0.15) is 11.9 Å². The lowest BCUT2D eigenvalue weighted by Crippen LogP contribution is -2.45. The van der Waals surface area contributed by atoms with Crippen molar-refractivity contribution < 1.29 is 9.53 Å². The van der Waals surface area contributed by atoms with Crippen LogP contribution in [0.15, 0.2) is 18.3 Å². The van der Waals surface area contributed by atoms with Crippen LogP contribution >= 0.6 is 0 Å². The number of nitrogens with one attached hydrogen (secondary N) is 1. The minimum atomic E-state index is -0.158. The molecule has 0 radical (unpaired) electrons. The molecule has 0 saturated carbocycles. The molecule has 1 saturated heterocycles. The number of nitrogens with two attached hydrogens (primary N) is 1. The largest absolute Gasteiger partial charge is 0.465 e. The quantitative estimate of drug-likeness (QED) is 0.480. The molecule has 2 rings (SSSR count). The second-order valence-electron chi connectivity index (χ2n) is 4.89. The zero-order valence-corrected chi connectivity index (χ0v) is 11.8. The van der Waals surface area contributed by atoms with E-state index in [1.165, 1.54) is 0 Å². The summed E-state index contributed by atoms with van der Waals surface area (Å²) in [6, 6.07) is 3.69. The number of hydrogen-bond acceptors (Lipinski definition) is 6. The van der Waals surface area contributed by atoms with Gasteiger partial charge in [0.15, 0.2) is 0 Å². The molecule has 1 fully saturated rings. The number of anilines is 1. The molecular weight excluding hydrogens is 256 g/mol. The van der Waals surface area contributed by atoms with Crippen LogP contribution in [0.2, 0.25) is 0 Å². The monoisotopic (exact) mass is 278 g/mol. The Morgan fingerprint density at radius 2 is 2.45 bits per heavy atom.